The molecule has 2 saturated heterocycles. The van der Waals surface area contributed by atoms with E-state index >= 15 is 0 Å². The largest absolute Gasteiger partial charge is 0.491 e. The van der Waals surface area contributed by atoms with Crippen molar-refractivity contribution in [1.82, 2.24) is 24.6 Å². The molecular weight excluding hydrogens is 627 g/mol. The van der Waals surface area contributed by atoms with Crippen molar-refractivity contribution in [1.29, 1.82) is 0 Å². The summed E-state index contributed by atoms with van der Waals surface area (Å²) >= 11 is 12.6. The van der Waals surface area contributed by atoms with E-state index in [9.17, 15) is 27.2 Å². The van der Waals surface area contributed by atoms with Crippen LogP contribution in [0.4, 0.5) is 23.4 Å². The third-order valence-corrected chi connectivity index (χ3v) is 9.09. The van der Waals surface area contributed by atoms with Gasteiger partial charge in [0, 0.05) is 41.6 Å². The van der Waals surface area contributed by atoms with Crippen molar-refractivity contribution < 1.29 is 31.9 Å². The Kier molecular flexibility index (Phi) is 9.39. The summed E-state index contributed by atoms with van der Waals surface area (Å²) in [6, 6.07) is 4.81. The predicted molar refractivity (Wildman–Crippen MR) is 157 cm³/mol. The molecule has 0 N–H and O–H groups in total. The minimum Gasteiger partial charge on any atom is -0.384 e. The van der Waals surface area contributed by atoms with E-state index in [1.165, 1.54) is 0 Å². The topological polar surface area (TPSA) is 93.5 Å². The summed E-state index contributed by atoms with van der Waals surface area (Å²) in [5.41, 5.74) is 2.89. The average molecular weight is 660 g/mol. The SMILES string of the molecule is Cc1nn([C@H](C)c2ccc(Cl)cc2Cl)c2nc(N3CCC(N4CCC[C@H]4CC(F)C(=O)OC(=O)C(F)(F)F)C(C)C3)cnc12. The number of halogens is 6. The van der Waals surface area contributed by atoms with Gasteiger partial charge in [0.25, 0.3) is 0 Å². The molecule has 0 saturated carbocycles. The van der Waals surface area contributed by atoms with Crippen LogP contribution < -0.4 is 4.90 Å². The van der Waals surface area contributed by atoms with Gasteiger partial charge in [-0.25, -0.2) is 28.6 Å². The zero-order chi connectivity index (χ0) is 31.9. The number of rotatable bonds is 7. The number of ether oxygens (including phenoxy) is 1. The molecule has 2 aromatic heterocycles. The molecule has 1 aromatic carbocycles. The van der Waals surface area contributed by atoms with Gasteiger partial charge in [-0.2, -0.15) is 18.3 Å². The van der Waals surface area contributed by atoms with Crippen molar-refractivity contribution >= 4 is 52.1 Å². The molecule has 4 heterocycles. The number of aryl methyl sites for hydroxylation is 1. The molecule has 0 radical (unpaired) electrons. The number of hydrogen-bond acceptors (Lipinski definition) is 8. The number of esters is 2. The van der Waals surface area contributed by atoms with Crippen molar-refractivity contribution in [2.45, 2.75) is 76.9 Å². The summed E-state index contributed by atoms with van der Waals surface area (Å²) in [7, 11) is 0. The first kappa shape index (κ1) is 32.4. The van der Waals surface area contributed by atoms with E-state index < -0.39 is 24.3 Å². The van der Waals surface area contributed by atoms with Gasteiger partial charge >= 0.3 is 18.1 Å². The van der Waals surface area contributed by atoms with Gasteiger partial charge in [-0.3, -0.25) is 4.90 Å². The van der Waals surface area contributed by atoms with Crippen LogP contribution in [0.2, 0.25) is 10.0 Å². The fraction of sp³-hybridized carbons (Fsp3) is 0.552. The monoisotopic (exact) mass is 658 g/mol. The Balaban J connectivity index is 1.27. The molecule has 44 heavy (non-hydrogen) atoms. The first-order chi connectivity index (χ1) is 20.7. The lowest BCUT2D eigenvalue weighted by Crippen LogP contribution is -2.52. The van der Waals surface area contributed by atoms with Crippen molar-refractivity contribution in [3.63, 3.8) is 0 Å². The highest BCUT2D eigenvalue weighted by Crippen LogP contribution is 2.34. The maximum absolute atomic E-state index is 14.6. The van der Waals surface area contributed by atoms with Crippen molar-refractivity contribution in [3.8, 4) is 0 Å². The van der Waals surface area contributed by atoms with E-state index in [0.29, 0.717) is 53.1 Å². The van der Waals surface area contributed by atoms with Gasteiger partial charge in [0.05, 0.1) is 17.9 Å². The molecule has 238 valence electrons. The summed E-state index contributed by atoms with van der Waals surface area (Å²) in [6.45, 7) is 7.90. The first-order valence-corrected chi connectivity index (χ1v) is 15.1. The van der Waals surface area contributed by atoms with Gasteiger partial charge in [0.2, 0.25) is 0 Å². The first-order valence-electron chi connectivity index (χ1n) is 14.4. The van der Waals surface area contributed by atoms with Gasteiger partial charge in [-0.05, 0) is 63.3 Å². The number of fused-ring (bicyclic) bond motifs is 1. The number of aromatic nitrogens is 4. The number of carbonyl (C=O) groups is 2. The van der Waals surface area contributed by atoms with Gasteiger partial charge in [-0.15, -0.1) is 0 Å². The van der Waals surface area contributed by atoms with Gasteiger partial charge in [-0.1, -0.05) is 36.2 Å². The van der Waals surface area contributed by atoms with Crippen LogP contribution in [0.3, 0.4) is 0 Å². The highest BCUT2D eigenvalue weighted by Gasteiger charge is 2.44. The maximum Gasteiger partial charge on any atom is 0.491 e. The number of likely N-dealkylation sites (tertiary alicyclic amines) is 1. The van der Waals surface area contributed by atoms with Crippen LogP contribution in [0, 0.1) is 12.8 Å². The Hall–Kier alpha value is -3.03. The second kappa shape index (κ2) is 12.8. The lowest BCUT2D eigenvalue weighted by atomic mass is 9.91. The van der Waals surface area contributed by atoms with Crippen LogP contribution in [-0.4, -0.2) is 80.7 Å². The standard InChI is InChI=1S/C29H32Cl2F4N6O3/c1-15-14-39(10-8-23(15)40-9-4-5-19(40)12-22(32)27(42)44-28(43)29(33,34)35)24-13-36-25-16(2)38-41(26(25)37-24)17(3)20-7-6-18(30)11-21(20)31/h6-7,11,13,15,17,19,22-23H,4-5,8-10,12,14H2,1-3H3/t15?,17-,19+,22?,23?/m1/s1. The Morgan fingerprint density at radius 1 is 1.18 bits per heavy atom. The molecule has 0 bridgehead atoms. The molecule has 2 aliphatic heterocycles. The highest BCUT2D eigenvalue weighted by molar-refractivity contribution is 6.35. The predicted octanol–water partition coefficient (Wildman–Crippen LogP) is 6.09. The number of piperidine rings is 1. The van der Waals surface area contributed by atoms with Crippen LogP contribution in [0.15, 0.2) is 24.4 Å². The summed E-state index contributed by atoms with van der Waals surface area (Å²) in [5.74, 6) is -3.70. The average Bonchev–Trinajstić information content (AvgIpc) is 3.55. The molecular formula is C29H32Cl2F4N6O3. The van der Waals surface area contributed by atoms with E-state index in [2.05, 4.69) is 26.4 Å². The third kappa shape index (κ3) is 6.64. The summed E-state index contributed by atoms with van der Waals surface area (Å²) in [5, 5.41) is 5.77. The summed E-state index contributed by atoms with van der Waals surface area (Å²) in [4.78, 5) is 36.7. The Labute approximate surface area is 261 Å². The fourth-order valence-corrected chi connectivity index (χ4v) is 6.93. The molecule has 0 aliphatic carbocycles. The molecule has 15 heteroatoms. The minimum atomic E-state index is -5.37. The highest BCUT2D eigenvalue weighted by atomic mass is 35.5. The zero-order valence-electron chi connectivity index (χ0n) is 24.3. The normalized spacial score (nSPS) is 22.8. The summed E-state index contributed by atoms with van der Waals surface area (Å²) < 4.78 is 57.4. The molecule has 5 atom stereocenters. The third-order valence-electron chi connectivity index (χ3n) is 8.53. The fourth-order valence-electron chi connectivity index (χ4n) is 6.37. The van der Waals surface area contributed by atoms with Crippen LogP contribution in [0.25, 0.3) is 11.2 Å². The van der Waals surface area contributed by atoms with Gasteiger partial charge < -0.3 is 9.64 Å². The number of nitrogens with zero attached hydrogens (tertiary/aromatic N) is 6. The number of benzene rings is 1. The Morgan fingerprint density at radius 3 is 2.61 bits per heavy atom. The van der Waals surface area contributed by atoms with E-state index in [1.807, 2.05) is 24.6 Å². The van der Waals surface area contributed by atoms with E-state index in [0.717, 1.165) is 24.1 Å². The molecule has 0 amide bonds. The number of alkyl halides is 4. The Bertz CT molecular complexity index is 1550. The van der Waals surface area contributed by atoms with Crippen LogP contribution in [0.5, 0.6) is 0 Å². The molecule has 3 unspecified atom stereocenters. The zero-order valence-corrected chi connectivity index (χ0v) is 25.8. The van der Waals surface area contributed by atoms with Crippen LogP contribution in [0.1, 0.15) is 56.8 Å². The summed E-state index contributed by atoms with van der Waals surface area (Å²) in [6.07, 6.45) is -4.22. The second-order valence-corrected chi connectivity index (χ2v) is 12.3. The van der Waals surface area contributed by atoms with Crippen LogP contribution in [-0.2, 0) is 14.3 Å². The lowest BCUT2D eigenvalue weighted by Gasteiger charge is -2.44. The number of anilines is 1. The Morgan fingerprint density at radius 2 is 1.93 bits per heavy atom. The van der Waals surface area contributed by atoms with Crippen molar-refractivity contribution in [2.24, 2.45) is 5.92 Å². The molecule has 3 aromatic rings. The molecule has 2 aliphatic rings. The maximum atomic E-state index is 14.6. The van der Waals surface area contributed by atoms with Gasteiger partial charge in [0.1, 0.15) is 11.3 Å². The van der Waals surface area contributed by atoms with Crippen LogP contribution >= 0.6 is 23.2 Å². The number of hydrogen-bond donors (Lipinski definition) is 0. The lowest BCUT2D eigenvalue weighted by molar-refractivity contribution is -0.203. The van der Waals surface area contributed by atoms with Crippen molar-refractivity contribution in [3.05, 3.63) is 45.7 Å². The second-order valence-electron chi connectivity index (χ2n) is 11.5. The molecule has 5 rings (SSSR count). The molecule has 9 nitrogen and oxygen atoms in total. The quantitative estimate of drug-likeness (QED) is 0.171. The smallest absolute Gasteiger partial charge is 0.384 e. The number of carbonyl (C=O) groups excluding carboxylic acids is 2. The van der Waals surface area contributed by atoms with Crippen molar-refractivity contribution in [2.75, 3.05) is 24.5 Å². The molecule has 2 fully saturated rings. The van der Waals surface area contributed by atoms with Gasteiger partial charge in [0.15, 0.2) is 11.8 Å². The van der Waals surface area contributed by atoms with E-state index in [1.54, 1.807) is 18.3 Å². The van der Waals surface area contributed by atoms with E-state index in [-0.39, 0.29) is 30.5 Å². The minimum absolute atomic E-state index is 0.0651. The molecule has 0 spiro atoms. The van der Waals surface area contributed by atoms with E-state index in [4.69, 9.17) is 33.3 Å².